The molecule has 2 unspecified atom stereocenters. The van der Waals surface area contributed by atoms with Gasteiger partial charge >= 0.3 is 0 Å². The van der Waals surface area contributed by atoms with Crippen LogP contribution in [-0.4, -0.2) is 20.3 Å². The van der Waals surface area contributed by atoms with Crippen LogP contribution >= 0.6 is 0 Å². The Kier molecular flexibility index (Phi) is 3.62. The van der Waals surface area contributed by atoms with Gasteiger partial charge in [0.2, 0.25) is 0 Å². The van der Waals surface area contributed by atoms with Crippen LogP contribution in [0.2, 0.25) is 0 Å². The van der Waals surface area contributed by atoms with E-state index in [4.69, 9.17) is 9.47 Å². The van der Waals surface area contributed by atoms with E-state index in [0.717, 1.165) is 19.6 Å². The predicted molar refractivity (Wildman–Crippen MR) is 64.3 cm³/mol. The van der Waals surface area contributed by atoms with Gasteiger partial charge in [0.05, 0.1) is 12.2 Å². The molecule has 1 aliphatic heterocycles. The van der Waals surface area contributed by atoms with Gasteiger partial charge in [0.15, 0.2) is 0 Å². The second kappa shape index (κ2) is 4.98. The lowest BCUT2D eigenvalue weighted by atomic mass is 9.79. The van der Waals surface area contributed by atoms with Crippen LogP contribution in [0.5, 0.6) is 0 Å². The molecule has 1 aromatic rings. The molecule has 16 heavy (non-hydrogen) atoms. The van der Waals surface area contributed by atoms with Crippen LogP contribution in [0, 0.1) is 5.92 Å². The summed E-state index contributed by atoms with van der Waals surface area (Å²) in [4.78, 5) is 0. The Morgan fingerprint density at radius 1 is 1.31 bits per heavy atom. The van der Waals surface area contributed by atoms with Crippen molar-refractivity contribution in [2.75, 3.05) is 20.3 Å². The lowest BCUT2D eigenvalue weighted by Gasteiger charge is -2.39. The number of hydrogen-bond acceptors (Lipinski definition) is 2. The molecule has 0 saturated carbocycles. The highest BCUT2D eigenvalue weighted by molar-refractivity contribution is 5.23. The highest BCUT2D eigenvalue weighted by Crippen LogP contribution is 2.37. The maximum Gasteiger partial charge on any atom is 0.0949 e. The van der Waals surface area contributed by atoms with E-state index in [-0.39, 0.29) is 5.60 Å². The summed E-state index contributed by atoms with van der Waals surface area (Å²) in [6.07, 6.45) is 2.32. The third kappa shape index (κ3) is 2.13. The van der Waals surface area contributed by atoms with E-state index in [1.807, 2.05) is 6.07 Å². The molecule has 1 fully saturated rings. The highest BCUT2D eigenvalue weighted by Gasteiger charge is 2.37. The standard InChI is InChI=1S/C14H20O2/c1-14(15-2,12-7-4-3-5-8-12)13-9-6-10-16-11-13/h3-5,7-8,13H,6,9-11H2,1-2H3. The summed E-state index contributed by atoms with van der Waals surface area (Å²) in [5.41, 5.74) is 1.02. The predicted octanol–water partition coefficient (Wildman–Crippen LogP) is 2.97. The fraction of sp³-hybridized carbons (Fsp3) is 0.571. The minimum atomic E-state index is -0.221. The van der Waals surface area contributed by atoms with E-state index < -0.39 is 0 Å². The fourth-order valence-electron chi connectivity index (χ4n) is 2.46. The molecule has 2 atom stereocenters. The summed E-state index contributed by atoms with van der Waals surface area (Å²) >= 11 is 0. The monoisotopic (exact) mass is 220 g/mol. The first-order valence-corrected chi connectivity index (χ1v) is 5.96. The summed E-state index contributed by atoms with van der Waals surface area (Å²) in [6.45, 7) is 3.87. The maximum atomic E-state index is 5.78. The van der Waals surface area contributed by atoms with Gasteiger partial charge in [-0.05, 0) is 25.3 Å². The first kappa shape index (κ1) is 11.6. The normalized spacial score (nSPS) is 25.0. The average Bonchev–Trinajstić information content (AvgIpc) is 2.40. The van der Waals surface area contributed by atoms with Gasteiger partial charge in [-0.3, -0.25) is 0 Å². The number of benzene rings is 1. The van der Waals surface area contributed by atoms with E-state index in [1.165, 1.54) is 12.0 Å². The molecule has 1 aromatic carbocycles. The Labute approximate surface area is 97.6 Å². The van der Waals surface area contributed by atoms with Gasteiger partial charge in [-0.15, -0.1) is 0 Å². The Bertz CT molecular complexity index is 317. The number of ether oxygens (including phenoxy) is 2. The van der Waals surface area contributed by atoms with Crippen molar-refractivity contribution >= 4 is 0 Å². The molecular weight excluding hydrogens is 200 g/mol. The van der Waals surface area contributed by atoms with Crippen LogP contribution in [0.3, 0.4) is 0 Å². The molecule has 0 spiro atoms. The summed E-state index contributed by atoms with van der Waals surface area (Å²) in [7, 11) is 1.79. The number of methoxy groups -OCH3 is 1. The smallest absolute Gasteiger partial charge is 0.0949 e. The van der Waals surface area contributed by atoms with Gasteiger partial charge in [-0.1, -0.05) is 30.3 Å². The average molecular weight is 220 g/mol. The van der Waals surface area contributed by atoms with Crippen LogP contribution in [0.25, 0.3) is 0 Å². The van der Waals surface area contributed by atoms with Crippen molar-refractivity contribution in [3.05, 3.63) is 35.9 Å². The second-order valence-electron chi connectivity index (χ2n) is 4.59. The number of hydrogen-bond donors (Lipinski definition) is 0. The molecule has 0 bridgehead atoms. The third-order valence-corrected chi connectivity index (χ3v) is 3.71. The van der Waals surface area contributed by atoms with Gasteiger partial charge in [0.1, 0.15) is 0 Å². The molecule has 1 heterocycles. The molecule has 0 amide bonds. The van der Waals surface area contributed by atoms with E-state index in [9.17, 15) is 0 Å². The molecule has 1 saturated heterocycles. The fourth-order valence-corrected chi connectivity index (χ4v) is 2.46. The van der Waals surface area contributed by atoms with Crippen LogP contribution < -0.4 is 0 Å². The SMILES string of the molecule is COC(C)(c1ccccc1)C1CCCOC1. The van der Waals surface area contributed by atoms with Crippen molar-refractivity contribution in [1.82, 2.24) is 0 Å². The van der Waals surface area contributed by atoms with Gasteiger partial charge in [0.25, 0.3) is 0 Å². The first-order valence-electron chi connectivity index (χ1n) is 5.96. The van der Waals surface area contributed by atoms with Gasteiger partial charge in [-0.25, -0.2) is 0 Å². The van der Waals surface area contributed by atoms with Gasteiger partial charge < -0.3 is 9.47 Å². The zero-order chi connectivity index (χ0) is 11.4. The zero-order valence-electron chi connectivity index (χ0n) is 10.1. The Balaban J connectivity index is 2.24. The second-order valence-corrected chi connectivity index (χ2v) is 4.59. The summed E-state index contributed by atoms with van der Waals surface area (Å²) < 4.78 is 11.4. The van der Waals surface area contributed by atoms with Crippen molar-refractivity contribution in [1.29, 1.82) is 0 Å². The minimum absolute atomic E-state index is 0.221. The summed E-state index contributed by atoms with van der Waals surface area (Å²) in [5, 5.41) is 0. The molecule has 0 aromatic heterocycles. The Hall–Kier alpha value is -0.860. The molecular formula is C14H20O2. The van der Waals surface area contributed by atoms with Crippen molar-refractivity contribution in [3.63, 3.8) is 0 Å². The summed E-state index contributed by atoms with van der Waals surface area (Å²) in [6, 6.07) is 10.4. The molecule has 1 aliphatic rings. The molecule has 2 rings (SSSR count). The van der Waals surface area contributed by atoms with Crippen LogP contribution in [0.15, 0.2) is 30.3 Å². The van der Waals surface area contributed by atoms with E-state index in [2.05, 4.69) is 31.2 Å². The molecule has 0 N–H and O–H groups in total. The molecule has 2 nitrogen and oxygen atoms in total. The van der Waals surface area contributed by atoms with Crippen molar-refractivity contribution in [2.45, 2.75) is 25.4 Å². The Morgan fingerprint density at radius 2 is 2.06 bits per heavy atom. The molecule has 2 heteroatoms. The van der Waals surface area contributed by atoms with Gasteiger partial charge in [0, 0.05) is 19.6 Å². The van der Waals surface area contributed by atoms with E-state index >= 15 is 0 Å². The van der Waals surface area contributed by atoms with Crippen molar-refractivity contribution in [2.24, 2.45) is 5.92 Å². The molecule has 0 aliphatic carbocycles. The lowest BCUT2D eigenvalue weighted by molar-refractivity contribution is -0.0974. The van der Waals surface area contributed by atoms with Crippen LogP contribution in [0.4, 0.5) is 0 Å². The largest absolute Gasteiger partial charge is 0.381 e. The van der Waals surface area contributed by atoms with Crippen molar-refractivity contribution in [3.8, 4) is 0 Å². The van der Waals surface area contributed by atoms with Crippen molar-refractivity contribution < 1.29 is 9.47 Å². The number of rotatable bonds is 3. The lowest BCUT2D eigenvalue weighted by Crippen LogP contribution is -2.39. The zero-order valence-corrected chi connectivity index (χ0v) is 10.1. The highest BCUT2D eigenvalue weighted by atomic mass is 16.5. The summed E-state index contributed by atoms with van der Waals surface area (Å²) in [5.74, 6) is 0.452. The molecule has 0 radical (unpaired) electrons. The maximum absolute atomic E-state index is 5.78. The van der Waals surface area contributed by atoms with Crippen LogP contribution in [0.1, 0.15) is 25.3 Å². The van der Waals surface area contributed by atoms with E-state index in [1.54, 1.807) is 7.11 Å². The topological polar surface area (TPSA) is 18.5 Å². The first-order chi connectivity index (χ1) is 7.77. The quantitative estimate of drug-likeness (QED) is 0.779. The third-order valence-electron chi connectivity index (χ3n) is 3.71. The van der Waals surface area contributed by atoms with Gasteiger partial charge in [-0.2, -0.15) is 0 Å². The minimum Gasteiger partial charge on any atom is -0.381 e. The van der Waals surface area contributed by atoms with E-state index in [0.29, 0.717) is 5.92 Å². The molecule has 88 valence electrons. The Morgan fingerprint density at radius 3 is 2.62 bits per heavy atom. The van der Waals surface area contributed by atoms with Crippen LogP contribution in [-0.2, 0) is 15.1 Å².